The van der Waals surface area contributed by atoms with Crippen LogP contribution >= 0.6 is 15.9 Å². The monoisotopic (exact) mass is 287 g/mol. The van der Waals surface area contributed by atoms with Gasteiger partial charge >= 0.3 is 0 Å². The molecule has 0 aliphatic heterocycles. The maximum atomic E-state index is 12.1. The lowest BCUT2D eigenvalue weighted by molar-refractivity contribution is -0.132. The molecule has 0 spiro atoms. The molecule has 2 fully saturated rings. The smallest absolute Gasteiger partial charge is 0.222 e. The van der Waals surface area contributed by atoms with E-state index in [0.29, 0.717) is 17.9 Å². The molecule has 1 amide bonds. The molecule has 2 nitrogen and oxygen atoms in total. The molecule has 0 radical (unpaired) electrons. The predicted molar refractivity (Wildman–Crippen MR) is 69.6 cm³/mol. The van der Waals surface area contributed by atoms with Gasteiger partial charge < -0.3 is 4.90 Å². The van der Waals surface area contributed by atoms with Gasteiger partial charge in [0.05, 0.1) is 0 Å². The summed E-state index contributed by atoms with van der Waals surface area (Å²) in [4.78, 5) is 14.0. The van der Waals surface area contributed by atoms with Crippen LogP contribution < -0.4 is 0 Å². The van der Waals surface area contributed by atoms with Crippen LogP contribution in [0.25, 0.3) is 0 Å². The molecule has 2 aliphatic carbocycles. The molecular formula is C13H22BrNO. The van der Waals surface area contributed by atoms with Gasteiger partial charge in [-0.15, -0.1) is 0 Å². The van der Waals surface area contributed by atoms with Gasteiger partial charge in [-0.2, -0.15) is 0 Å². The van der Waals surface area contributed by atoms with Gasteiger partial charge in [0.2, 0.25) is 5.91 Å². The Kier molecular flexibility index (Phi) is 3.93. The van der Waals surface area contributed by atoms with Crippen molar-refractivity contribution in [2.24, 2.45) is 17.8 Å². The van der Waals surface area contributed by atoms with Crippen LogP contribution in [0.3, 0.4) is 0 Å². The van der Waals surface area contributed by atoms with Gasteiger partial charge in [-0.1, -0.05) is 22.4 Å². The molecule has 16 heavy (non-hydrogen) atoms. The van der Waals surface area contributed by atoms with Crippen molar-refractivity contribution in [1.82, 2.24) is 4.90 Å². The predicted octanol–water partition coefficient (Wildman–Crippen LogP) is 3.05. The van der Waals surface area contributed by atoms with E-state index in [2.05, 4.69) is 22.9 Å². The lowest BCUT2D eigenvalue weighted by Gasteiger charge is -2.27. The Hall–Kier alpha value is -0.0500. The van der Waals surface area contributed by atoms with Gasteiger partial charge in [0, 0.05) is 24.8 Å². The zero-order valence-corrected chi connectivity index (χ0v) is 11.9. The van der Waals surface area contributed by atoms with Crippen molar-refractivity contribution < 1.29 is 4.79 Å². The van der Waals surface area contributed by atoms with E-state index in [4.69, 9.17) is 0 Å². The van der Waals surface area contributed by atoms with Crippen LogP contribution in [-0.4, -0.2) is 29.2 Å². The van der Waals surface area contributed by atoms with Crippen LogP contribution in [0.15, 0.2) is 0 Å². The lowest BCUT2D eigenvalue weighted by atomic mass is 9.86. The summed E-state index contributed by atoms with van der Waals surface area (Å²) < 4.78 is 0. The van der Waals surface area contributed by atoms with E-state index in [-0.39, 0.29) is 0 Å². The largest absolute Gasteiger partial charge is 0.342 e. The van der Waals surface area contributed by atoms with Crippen molar-refractivity contribution >= 4 is 21.8 Å². The molecule has 0 aromatic carbocycles. The molecule has 2 aliphatic rings. The first-order valence-electron chi connectivity index (χ1n) is 6.43. The number of hydrogen-bond acceptors (Lipinski definition) is 1. The Bertz CT molecular complexity index is 269. The van der Waals surface area contributed by atoms with Crippen LogP contribution in [0.5, 0.6) is 0 Å². The summed E-state index contributed by atoms with van der Waals surface area (Å²) in [6.45, 7) is 2.09. The minimum atomic E-state index is 0.311. The van der Waals surface area contributed by atoms with E-state index in [1.807, 2.05) is 11.9 Å². The number of nitrogens with zero attached hydrogens (tertiary/aromatic N) is 1. The number of rotatable bonds is 4. The second kappa shape index (κ2) is 5.07. The quantitative estimate of drug-likeness (QED) is 0.728. The average Bonchev–Trinajstić information content (AvgIpc) is 2.88. The zero-order valence-electron chi connectivity index (χ0n) is 10.3. The third kappa shape index (κ3) is 2.44. The number of halogens is 1. The number of amides is 1. The fourth-order valence-corrected chi connectivity index (χ4v) is 3.78. The minimum absolute atomic E-state index is 0.311. The molecule has 4 unspecified atom stereocenters. The molecule has 2 bridgehead atoms. The first-order chi connectivity index (χ1) is 7.61. The van der Waals surface area contributed by atoms with Crippen molar-refractivity contribution in [1.29, 1.82) is 0 Å². The lowest BCUT2D eigenvalue weighted by Crippen LogP contribution is -2.37. The van der Waals surface area contributed by atoms with Crippen LogP contribution in [-0.2, 0) is 4.79 Å². The number of fused-ring (bicyclic) bond motifs is 2. The van der Waals surface area contributed by atoms with E-state index in [9.17, 15) is 4.79 Å². The molecule has 0 heterocycles. The molecule has 3 heteroatoms. The van der Waals surface area contributed by atoms with Gasteiger partial charge in [-0.3, -0.25) is 4.79 Å². The van der Waals surface area contributed by atoms with Crippen molar-refractivity contribution in [3.05, 3.63) is 0 Å². The molecule has 2 rings (SSSR count). The molecule has 0 aromatic heterocycles. The first-order valence-corrected chi connectivity index (χ1v) is 7.55. The second-order valence-corrected chi connectivity index (χ2v) is 6.29. The zero-order chi connectivity index (χ0) is 11.7. The SMILES string of the molecule is CC(CBr)N(C)C(=O)CC1CC2CCC1C2. The van der Waals surface area contributed by atoms with Crippen molar-refractivity contribution in [3.63, 3.8) is 0 Å². The highest BCUT2D eigenvalue weighted by atomic mass is 79.9. The topological polar surface area (TPSA) is 20.3 Å². The average molecular weight is 288 g/mol. The van der Waals surface area contributed by atoms with E-state index in [0.717, 1.165) is 23.6 Å². The van der Waals surface area contributed by atoms with E-state index in [1.54, 1.807) is 0 Å². The Labute approximate surface area is 107 Å². The molecule has 92 valence electrons. The molecular weight excluding hydrogens is 266 g/mol. The molecule has 4 atom stereocenters. The Morgan fingerprint density at radius 1 is 1.44 bits per heavy atom. The highest BCUT2D eigenvalue weighted by Gasteiger charge is 2.40. The van der Waals surface area contributed by atoms with Gasteiger partial charge in [-0.05, 0) is 43.9 Å². The van der Waals surface area contributed by atoms with E-state index < -0.39 is 0 Å². The van der Waals surface area contributed by atoms with Crippen molar-refractivity contribution in [3.8, 4) is 0 Å². The maximum Gasteiger partial charge on any atom is 0.222 e. The summed E-state index contributed by atoms with van der Waals surface area (Å²) in [6.07, 6.45) is 6.29. The Morgan fingerprint density at radius 3 is 2.69 bits per heavy atom. The standard InChI is InChI=1S/C13H22BrNO/c1-9(8-14)15(2)13(16)7-12-6-10-3-4-11(12)5-10/h9-12H,3-8H2,1-2H3. The number of alkyl halides is 1. The normalized spacial score (nSPS) is 34.1. The summed E-state index contributed by atoms with van der Waals surface area (Å²) in [7, 11) is 1.93. The van der Waals surface area contributed by atoms with Crippen LogP contribution in [0.1, 0.15) is 39.0 Å². The second-order valence-electron chi connectivity index (χ2n) is 5.65. The van der Waals surface area contributed by atoms with Crippen LogP contribution in [0.4, 0.5) is 0 Å². The third-order valence-electron chi connectivity index (χ3n) is 4.60. The number of carbonyl (C=O) groups excluding carboxylic acids is 1. The maximum absolute atomic E-state index is 12.1. The molecule has 2 saturated carbocycles. The summed E-state index contributed by atoms with van der Waals surface area (Å²) >= 11 is 3.44. The van der Waals surface area contributed by atoms with Crippen molar-refractivity contribution in [2.75, 3.05) is 12.4 Å². The first kappa shape index (κ1) is 12.4. The van der Waals surface area contributed by atoms with Gasteiger partial charge in [0.1, 0.15) is 0 Å². The third-order valence-corrected chi connectivity index (χ3v) is 5.54. The van der Waals surface area contributed by atoms with Gasteiger partial charge in [0.25, 0.3) is 0 Å². The molecule has 0 aromatic rings. The summed E-state index contributed by atoms with van der Waals surface area (Å²) in [5, 5.41) is 0.867. The number of hydrogen-bond donors (Lipinski definition) is 0. The fraction of sp³-hybridized carbons (Fsp3) is 0.923. The molecule has 0 saturated heterocycles. The highest BCUT2D eigenvalue weighted by molar-refractivity contribution is 9.09. The Morgan fingerprint density at radius 2 is 2.19 bits per heavy atom. The van der Waals surface area contributed by atoms with E-state index in [1.165, 1.54) is 25.7 Å². The highest BCUT2D eigenvalue weighted by Crippen LogP contribution is 2.49. The van der Waals surface area contributed by atoms with E-state index >= 15 is 0 Å². The minimum Gasteiger partial charge on any atom is -0.342 e. The number of carbonyl (C=O) groups is 1. The van der Waals surface area contributed by atoms with Crippen LogP contribution in [0, 0.1) is 17.8 Å². The summed E-state index contributed by atoms with van der Waals surface area (Å²) in [5.41, 5.74) is 0. The molecule has 0 N–H and O–H groups in total. The van der Waals surface area contributed by atoms with Crippen molar-refractivity contribution in [2.45, 2.75) is 45.1 Å². The van der Waals surface area contributed by atoms with Gasteiger partial charge in [-0.25, -0.2) is 0 Å². The van der Waals surface area contributed by atoms with Crippen LogP contribution in [0.2, 0.25) is 0 Å². The Balaban J connectivity index is 1.83. The summed E-state index contributed by atoms with van der Waals surface area (Å²) in [6, 6.07) is 0.311. The van der Waals surface area contributed by atoms with Gasteiger partial charge in [0.15, 0.2) is 0 Å². The summed E-state index contributed by atoms with van der Waals surface area (Å²) in [5.74, 6) is 2.84. The fourth-order valence-electron chi connectivity index (χ4n) is 3.34.